The summed E-state index contributed by atoms with van der Waals surface area (Å²) in [7, 11) is 3.96. The predicted octanol–water partition coefficient (Wildman–Crippen LogP) is 5.63. The average molecular weight is 584 g/mol. The number of aromatic nitrogens is 4. The maximum Gasteiger partial charge on any atom is 0.169 e. The first-order valence-corrected chi connectivity index (χ1v) is 14.9. The van der Waals surface area contributed by atoms with Crippen LogP contribution in [0.3, 0.4) is 0 Å². The molecule has 4 N–H and O–H groups in total. The van der Waals surface area contributed by atoms with Crippen molar-refractivity contribution in [2.45, 2.75) is 40.5 Å². The van der Waals surface area contributed by atoms with Crippen molar-refractivity contribution in [3.63, 3.8) is 0 Å². The molecule has 0 aromatic carbocycles. The maximum atomic E-state index is 5.35. The van der Waals surface area contributed by atoms with Gasteiger partial charge in [-0.25, -0.2) is 19.9 Å². The van der Waals surface area contributed by atoms with Crippen molar-refractivity contribution < 1.29 is 4.74 Å². The Balaban J connectivity index is 0.000000132. The summed E-state index contributed by atoms with van der Waals surface area (Å²) in [5.41, 5.74) is 6.78. The Morgan fingerprint density at radius 1 is 0.698 bits per heavy atom. The van der Waals surface area contributed by atoms with Crippen LogP contribution in [0, 0.1) is 27.7 Å². The second-order valence-corrected chi connectivity index (χ2v) is 10.6. The lowest BCUT2D eigenvalue weighted by Crippen LogP contribution is -2.30. The Morgan fingerprint density at radius 2 is 1.35 bits per heavy atom. The molecule has 0 atom stereocenters. The van der Waals surface area contributed by atoms with E-state index in [2.05, 4.69) is 71.3 Å². The molecule has 10 nitrogen and oxygen atoms in total. The van der Waals surface area contributed by atoms with Crippen LogP contribution in [0.5, 0.6) is 5.75 Å². The van der Waals surface area contributed by atoms with Crippen LogP contribution in [-0.4, -0.2) is 66.8 Å². The van der Waals surface area contributed by atoms with Crippen molar-refractivity contribution in [2.75, 3.05) is 73.0 Å². The fourth-order valence-electron chi connectivity index (χ4n) is 4.68. The zero-order valence-corrected chi connectivity index (χ0v) is 26.3. The number of nitrogens with zero attached hydrogens (tertiary/aromatic N) is 5. The van der Waals surface area contributed by atoms with Gasteiger partial charge >= 0.3 is 0 Å². The molecule has 3 aliphatic rings. The summed E-state index contributed by atoms with van der Waals surface area (Å²) in [4.78, 5) is 19.5. The molecule has 0 fully saturated rings. The zero-order valence-electron chi connectivity index (χ0n) is 26.3. The first-order chi connectivity index (χ1) is 20.8. The Labute approximate surface area is 255 Å². The summed E-state index contributed by atoms with van der Waals surface area (Å²) in [5, 5.41) is 12.7. The van der Waals surface area contributed by atoms with Crippen LogP contribution in [0.15, 0.2) is 54.6 Å². The highest BCUT2D eigenvalue weighted by atomic mass is 16.5. The third kappa shape index (κ3) is 9.46. The Kier molecular flexibility index (Phi) is 11.4. The molecule has 7 heterocycles. The van der Waals surface area contributed by atoms with Gasteiger partial charge in [0.15, 0.2) is 11.6 Å². The topological polar surface area (TPSA) is 112 Å². The van der Waals surface area contributed by atoms with E-state index < -0.39 is 0 Å². The van der Waals surface area contributed by atoms with Crippen LogP contribution in [0.25, 0.3) is 0 Å². The number of hydrogen-bond acceptors (Lipinski definition) is 10. The summed E-state index contributed by atoms with van der Waals surface area (Å²) in [6.07, 6.45) is 2.41. The van der Waals surface area contributed by atoms with Crippen molar-refractivity contribution in [1.82, 2.24) is 19.9 Å². The molecule has 0 aliphatic carbocycles. The Morgan fingerprint density at radius 3 is 2.09 bits per heavy atom. The second kappa shape index (κ2) is 15.6. The van der Waals surface area contributed by atoms with Crippen LogP contribution in [-0.2, 0) is 6.42 Å². The number of fused-ring (bicyclic) bond motifs is 3. The van der Waals surface area contributed by atoms with Crippen molar-refractivity contribution >= 4 is 29.0 Å². The van der Waals surface area contributed by atoms with E-state index in [-0.39, 0.29) is 0 Å². The number of aryl methyl sites for hydroxylation is 5. The maximum absolute atomic E-state index is 5.35. The van der Waals surface area contributed by atoms with Crippen LogP contribution in [0.2, 0.25) is 0 Å². The minimum Gasteiger partial charge on any atom is -0.488 e. The van der Waals surface area contributed by atoms with E-state index >= 15 is 0 Å². The molecule has 10 heteroatoms. The number of likely N-dealkylation sites (N-methyl/N-ethyl adjacent to an activating group) is 1. The van der Waals surface area contributed by atoms with Gasteiger partial charge in [0.2, 0.25) is 0 Å². The quantitative estimate of drug-likeness (QED) is 0.225. The molecular formula is C33H45N9O. The van der Waals surface area contributed by atoms with Gasteiger partial charge < -0.3 is 30.9 Å². The molecular weight excluding hydrogens is 538 g/mol. The van der Waals surface area contributed by atoms with E-state index in [0.717, 1.165) is 84.6 Å². The third-order valence-corrected chi connectivity index (χ3v) is 6.99. The smallest absolute Gasteiger partial charge is 0.169 e. The number of nitrogens with one attached hydrogen (secondary N) is 4. The highest BCUT2D eigenvalue weighted by molar-refractivity contribution is 5.67. The van der Waals surface area contributed by atoms with E-state index in [9.17, 15) is 0 Å². The second-order valence-electron chi connectivity index (χ2n) is 10.6. The molecule has 3 aliphatic heterocycles. The third-order valence-electron chi connectivity index (χ3n) is 6.99. The van der Waals surface area contributed by atoms with Gasteiger partial charge in [-0.05, 0) is 88.6 Å². The summed E-state index contributed by atoms with van der Waals surface area (Å²) in [6.45, 7) is 12.7. The van der Waals surface area contributed by atoms with Gasteiger partial charge in [0.25, 0.3) is 0 Å². The highest BCUT2D eigenvalue weighted by Gasteiger charge is 2.13. The molecule has 0 radical (unpaired) electrons. The van der Waals surface area contributed by atoms with Crippen LogP contribution >= 0.6 is 0 Å². The monoisotopic (exact) mass is 583 g/mol. The van der Waals surface area contributed by atoms with Gasteiger partial charge in [0.05, 0.1) is 12.2 Å². The number of pyridine rings is 4. The SMILES string of the molecule is CNc1cccc(C)n1.Cc1ccc2c(n1)NCCC2.Cc1ccc2c(n1)NCCN2C.Cc1ccc2c(n1)NCCO2. The van der Waals surface area contributed by atoms with Crippen molar-refractivity contribution in [1.29, 1.82) is 0 Å². The Hall–Kier alpha value is -4.60. The largest absolute Gasteiger partial charge is 0.488 e. The van der Waals surface area contributed by atoms with E-state index in [0.29, 0.717) is 0 Å². The standard InChI is InChI=1S/C9H13N3.C9H12N2.C8H10N2O.C7H10N2/c1-7-3-4-8-9(11-7)10-5-6-12(8)2;1-7-4-5-8-3-2-6-10-9(8)11-7;1-6-2-3-7-8(10-6)9-4-5-11-7;1-6-4-3-5-7(8-2)9-6/h3-4H,5-6H2,1-2H3,(H,10,11);4-5H,2-3,6H2,1H3,(H,10,11);2-3H,4-5H2,1H3,(H,9,10);3-5H,1-2H3,(H,8,9). The van der Waals surface area contributed by atoms with Gasteiger partial charge in [-0.3, -0.25) is 0 Å². The molecule has 0 amide bonds. The summed E-state index contributed by atoms with van der Waals surface area (Å²) < 4.78 is 5.35. The van der Waals surface area contributed by atoms with Gasteiger partial charge in [0, 0.05) is 56.5 Å². The number of rotatable bonds is 1. The van der Waals surface area contributed by atoms with E-state index in [1.54, 1.807) is 0 Å². The van der Waals surface area contributed by atoms with E-state index in [1.807, 2.05) is 71.1 Å². The fourth-order valence-corrected chi connectivity index (χ4v) is 4.68. The van der Waals surface area contributed by atoms with E-state index in [1.165, 1.54) is 24.1 Å². The Bertz CT molecular complexity index is 1420. The lowest BCUT2D eigenvalue weighted by Gasteiger charge is -2.27. The molecule has 0 saturated heterocycles. The molecule has 228 valence electrons. The van der Waals surface area contributed by atoms with Gasteiger partial charge in [-0.1, -0.05) is 12.1 Å². The predicted molar refractivity (Wildman–Crippen MR) is 178 cm³/mol. The molecule has 43 heavy (non-hydrogen) atoms. The molecule has 0 saturated carbocycles. The molecule has 0 spiro atoms. The molecule has 0 unspecified atom stereocenters. The first kappa shape index (κ1) is 31.3. The molecule has 4 aromatic heterocycles. The normalized spacial score (nSPS) is 13.9. The van der Waals surface area contributed by atoms with Crippen LogP contribution in [0.4, 0.5) is 29.0 Å². The number of anilines is 5. The summed E-state index contributed by atoms with van der Waals surface area (Å²) in [5.74, 6) is 4.77. The van der Waals surface area contributed by atoms with Gasteiger partial charge in [-0.2, -0.15) is 0 Å². The lowest BCUT2D eigenvalue weighted by molar-refractivity contribution is 0.321. The zero-order chi connectivity index (χ0) is 30.6. The van der Waals surface area contributed by atoms with Gasteiger partial charge in [0.1, 0.15) is 24.1 Å². The van der Waals surface area contributed by atoms with Gasteiger partial charge in [-0.15, -0.1) is 0 Å². The minimum atomic E-state index is 0.734. The summed E-state index contributed by atoms with van der Waals surface area (Å²) >= 11 is 0. The first-order valence-electron chi connectivity index (χ1n) is 14.9. The molecule has 7 rings (SSSR count). The van der Waals surface area contributed by atoms with Crippen molar-refractivity contribution in [3.8, 4) is 5.75 Å². The van der Waals surface area contributed by atoms with Crippen molar-refractivity contribution in [2.24, 2.45) is 0 Å². The minimum absolute atomic E-state index is 0.734. The fraction of sp³-hybridized carbons (Fsp3) is 0.394. The molecule has 0 bridgehead atoms. The lowest BCUT2D eigenvalue weighted by atomic mass is 10.1. The van der Waals surface area contributed by atoms with Crippen LogP contribution < -0.4 is 30.9 Å². The van der Waals surface area contributed by atoms with E-state index in [4.69, 9.17) is 4.74 Å². The van der Waals surface area contributed by atoms with Crippen molar-refractivity contribution in [3.05, 3.63) is 82.9 Å². The molecule has 4 aromatic rings. The highest BCUT2D eigenvalue weighted by Crippen LogP contribution is 2.26. The number of ether oxygens (including phenoxy) is 1. The summed E-state index contributed by atoms with van der Waals surface area (Å²) in [6, 6.07) is 18.2. The van der Waals surface area contributed by atoms with Crippen LogP contribution in [0.1, 0.15) is 34.8 Å². The average Bonchev–Trinajstić information content (AvgIpc) is 3.02. The number of hydrogen-bond donors (Lipinski definition) is 4.